The summed E-state index contributed by atoms with van der Waals surface area (Å²) in [6.45, 7) is 7.74. The fourth-order valence-electron chi connectivity index (χ4n) is 2.91. The van der Waals surface area contributed by atoms with Crippen LogP contribution in [0.25, 0.3) is 0 Å². The van der Waals surface area contributed by atoms with Crippen molar-refractivity contribution in [1.29, 1.82) is 0 Å². The summed E-state index contributed by atoms with van der Waals surface area (Å²) in [7, 11) is 0. The first-order valence-corrected chi connectivity index (χ1v) is 10.1. The quantitative estimate of drug-likeness (QED) is 0.177. The van der Waals surface area contributed by atoms with Gasteiger partial charge in [-0.25, -0.2) is 0 Å². The molecule has 0 heteroatoms. The number of unbranched alkanes of at least 4 members (excludes halogenated alkanes) is 16. The number of hydrogen-bond acceptors (Lipinski definition) is 0. The van der Waals surface area contributed by atoms with Gasteiger partial charge in [0.05, 0.1) is 0 Å². The second-order valence-corrected chi connectivity index (χ2v) is 6.71. The molecule has 0 aromatic heterocycles. The minimum atomic E-state index is 1.03. The first-order chi connectivity index (χ1) is 10.9. The summed E-state index contributed by atoms with van der Waals surface area (Å²) in [4.78, 5) is 0. The van der Waals surface area contributed by atoms with E-state index < -0.39 is 0 Å². The van der Waals surface area contributed by atoms with Crippen molar-refractivity contribution in [2.75, 3.05) is 0 Å². The third-order valence-electron chi connectivity index (χ3n) is 4.41. The number of allylic oxidation sites excluding steroid dienone is 2. The Hall–Kier alpha value is -0.260. The van der Waals surface area contributed by atoms with Gasteiger partial charge < -0.3 is 0 Å². The molecule has 0 N–H and O–H groups in total. The van der Waals surface area contributed by atoms with E-state index in [-0.39, 0.29) is 0 Å². The average molecular weight is 307 g/mol. The second kappa shape index (κ2) is 20.7. The van der Waals surface area contributed by atoms with E-state index in [1.165, 1.54) is 96.3 Å². The Kier molecular flexibility index (Phi) is 20.5. The van der Waals surface area contributed by atoms with Crippen LogP contribution in [0.4, 0.5) is 0 Å². The van der Waals surface area contributed by atoms with E-state index in [1.54, 1.807) is 0 Å². The minimum Gasteiger partial charge on any atom is -0.0885 e. The van der Waals surface area contributed by atoms with E-state index in [2.05, 4.69) is 26.0 Å². The maximum absolute atomic E-state index is 3.89. The van der Waals surface area contributed by atoms with Crippen LogP contribution in [-0.2, 0) is 0 Å². The van der Waals surface area contributed by atoms with Crippen LogP contribution >= 0.6 is 0 Å². The van der Waals surface area contributed by atoms with Crippen LogP contribution in [0.15, 0.2) is 12.2 Å². The molecule has 130 valence electrons. The Balaban J connectivity index is 2.97. The monoisotopic (exact) mass is 306 g/mol. The standard InChI is InChI=1S/C22H42/c1-3-5-7-9-11-13-15-17-19-21-22-20-18-16-14-12-10-8-6-4-2/h7,9H,1-6,8,10-22H2. The fourth-order valence-corrected chi connectivity index (χ4v) is 2.91. The molecule has 0 aliphatic carbocycles. The number of rotatable bonds is 18. The van der Waals surface area contributed by atoms with Crippen LogP contribution in [-0.4, -0.2) is 0 Å². The molecule has 0 saturated heterocycles. The Bertz CT molecular complexity index is 204. The Morgan fingerprint density at radius 2 is 0.727 bits per heavy atom. The van der Waals surface area contributed by atoms with Crippen molar-refractivity contribution in [3.8, 4) is 0 Å². The summed E-state index contributed by atoms with van der Waals surface area (Å²) in [5, 5.41) is 0. The van der Waals surface area contributed by atoms with Gasteiger partial charge >= 0.3 is 0 Å². The Morgan fingerprint density at radius 1 is 0.364 bits per heavy atom. The predicted octanol–water partition coefficient (Wildman–Crippen LogP) is 8.23. The fraction of sp³-hybridized carbons (Fsp3) is 0.818. The first kappa shape index (κ1) is 21.7. The van der Waals surface area contributed by atoms with Crippen molar-refractivity contribution in [2.45, 2.75) is 116 Å². The highest BCUT2D eigenvalue weighted by Crippen LogP contribution is 2.13. The lowest BCUT2D eigenvalue weighted by Gasteiger charge is -2.03. The van der Waals surface area contributed by atoms with Gasteiger partial charge in [-0.05, 0) is 25.7 Å². The van der Waals surface area contributed by atoms with Crippen LogP contribution in [0.5, 0.6) is 0 Å². The maximum Gasteiger partial charge on any atom is -0.0351 e. The SMILES string of the molecule is [CH2]CCC=CCCCCCCCCCCCCCCCC[CH2]. The molecule has 0 unspecified atom stereocenters. The zero-order valence-corrected chi connectivity index (χ0v) is 15.3. The average Bonchev–Trinajstić information content (AvgIpc) is 2.54. The molecule has 0 bridgehead atoms. The Morgan fingerprint density at radius 3 is 1.14 bits per heavy atom. The van der Waals surface area contributed by atoms with Crippen molar-refractivity contribution >= 4 is 0 Å². The van der Waals surface area contributed by atoms with Crippen LogP contribution in [0, 0.1) is 13.8 Å². The lowest BCUT2D eigenvalue weighted by Crippen LogP contribution is -1.83. The molecule has 0 spiro atoms. The van der Waals surface area contributed by atoms with Crippen molar-refractivity contribution < 1.29 is 0 Å². The minimum absolute atomic E-state index is 1.03. The summed E-state index contributed by atoms with van der Waals surface area (Å²) in [5.41, 5.74) is 0. The van der Waals surface area contributed by atoms with Gasteiger partial charge in [-0.15, -0.1) is 0 Å². The zero-order chi connectivity index (χ0) is 16.1. The zero-order valence-electron chi connectivity index (χ0n) is 15.3. The molecule has 0 heterocycles. The normalized spacial score (nSPS) is 11.5. The van der Waals surface area contributed by atoms with Gasteiger partial charge in [0, 0.05) is 0 Å². The van der Waals surface area contributed by atoms with Gasteiger partial charge in [-0.2, -0.15) is 0 Å². The highest BCUT2D eigenvalue weighted by atomic mass is 14.0. The molecule has 2 radical (unpaired) electrons. The van der Waals surface area contributed by atoms with Crippen molar-refractivity contribution in [2.24, 2.45) is 0 Å². The molecule has 22 heavy (non-hydrogen) atoms. The van der Waals surface area contributed by atoms with Crippen molar-refractivity contribution in [3.05, 3.63) is 26.0 Å². The topological polar surface area (TPSA) is 0 Å². The van der Waals surface area contributed by atoms with E-state index in [9.17, 15) is 0 Å². The number of hydrogen-bond donors (Lipinski definition) is 0. The van der Waals surface area contributed by atoms with Crippen LogP contribution in [0.2, 0.25) is 0 Å². The van der Waals surface area contributed by atoms with Gasteiger partial charge in [-0.3, -0.25) is 0 Å². The predicted molar refractivity (Wildman–Crippen MR) is 103 cm³/mol. The van der Waals surface area contributed by atoms with Crippen molar-refractivity contribution in [1.82, 2.24) is 0 Å². The summed E-state index contributed by atoms with van der Waals surface area (Å²) < 4.78 is 0. The van der Waals surface area contributed by atoms with Gasteiger partial charge in [0.1, 0.15) is 0 Å². The van der Waals surface area contributed by atoms with E-state index in [0.717, 1.165) is 19.3 Å². The molecular formula is C22H42. The van der Waals surface area contributed by atoms with E-state index in [1.807, 2.05) is 0 Å². The lowest BCUT2D eigenvalue weighted by atomic mass is 10.0. The largest absolute Gasteiger partial charge is 0.0885 e. The molecule has 0 aromatic carbocycles. The molecule has 0 fully saturated rings. The molecule has 0 amide bonds. The maximum atomic E-state index is 3.89. The van der Waals surface area contributed by atoms with E-state index in [0.29, 0.717) is 0 Å². The molecule has 0 aliphatic rings. The van der Waals surface area contributed by atoms with Gasteiger partial charge in [-0.1, -0.05) is 116 Å². The van der Waals surface area contributed by atoms with Crippen LogP contribution in [0.1, 0.15) is 116 Å². The van der Waals surface area contributed by atoms with Crippen molar-refractivity contribution in [3.63, 3.8) is 0 Å². The molecule has 0 atom stereocenters. The Labute approximate surface area is 142 Å². The highest BCUT2D eigenvalue weighted by Gasteiger charge is 1.94. The molecule has 0 aliphatic heterocycles. The third kappa shape index (κ3) is 19.7. The first-order valence-electron chi connectivity index (χ1n) is 10.1. The molecule has 0 rings (SSSR count). The summed E-state index contributed by atoms with van der Waals surface area (Å²) >= 11 is 0. The summed E-state index contributed by atoms with van der Waals surface area (Å²) in [6, 6.07) is 0. The van der Waals surface area contributed by atoms with E-state index in [4.69, 9.17) is 0 Å². The summed E-state index contributed by atoms with van der Waals surface area (Å²) in [5.74, 6) is 0. The van der Waals surface area contributed by atoms with Gasteiger partial charge in [0.2, 0.25) is 0 Å². The van der Waals surface area contributed by atoms with Gasteiger partial charge in [0.15, 0.2) is 0 Å². The van der Waals surface area contributed by atoms with Gasteiger partial charge in [0.25, 0.3) is 0 Å². The van der Waals surface area contributed by atoms with E-state index >= 15 is 0 Å². The second-order valence-electron chi connectivity index (χ2n) is 6.71. The smallest absolute Gasteiger partial charge is 0.0351 e. The molecule has 0 nitrogen and oxygen atoms in total. The lowest BCUT2D eigenvalue weighted by molar-refractivity contribution is 0.534. The molecule has 0 saturated carbocycles. The van der Waals surface area contributed by atoms with Crippen LogP contribution < -0.4 is 0 Å². The molecule has 0 aromatic rings. The third-order valence-corrected chi connectivity index (χ3v) is 4.41. The van der Waals surface area contributed by atoms with Crippen LogP contribution in [0.3, 0.4) is 0 Å². The molecular weight excluding hydrogens is 264 g/mol. The highest BCUT2D eigenvalue weighted by molar-refractivity contribution is 4.81. The summed E-state index contributed by atoms with van der Waals surface area (Å²) in [6.07, 6.45) is 29.3.